The van der Waals surface area contributed by atoms with Crippen LogP contribution in [0.5, 0.6) is 5.75 Å². The normalized spacial score (nSPS) is 13.7. The SMILES string of the molecule is NC(=O)CCC(NC(=O)C(Cc1ccc(O)cc1)NC(=O)C(CCC(N)=O)NC(=O)C(N)CC(N)=O)C(=O)O. The van der Waals surface area contributed by atoms with Crippen molar-refractivity contribution in [1.82, 2.24) is 16.0 Å². The van der Waals surface area contributed by atoms with E-state index in [-0.39, 0.29) is 37.9 Å². The Balaban J connectivity index is 3.19. The number of amides is 6. The fourth-order valence-corrected chi connectivity index (χ4v) is 3.31. The van der Waals surface area contributed by atoms with Gasteiger partial charge < -0.3 is 49.1 Å². The van der Waals surface area contributed by atoms with Crippen molar-refractivity contribution >= 4 is 41.4 Å². The molecule has 4 atom stereocenters. The Morgan fingerprint density at radius 3 is 1.64 bits per heavy atom. The Kier molecular flexibility index (Phi) is 12.8. The predicted octanol–water partition coefficient (Wildman–Crippen LogP) is -3.79. The maximum absolute atomic E-state index is 13.1. The highest BCUT2D eigenvalue weighted by atomic mass is 16.4. The average Bonchev–Trinajstić information content (AvgIpc) is 2.83. The number of aromatic hydroxyl groups is 1. The maximum atomic E-state index is 13.1. The molecule has 0 aromatic heterocycles. The highest BCUT2D eigenvalue weighted by Gasteiger charge is 2.31. The lowest BCUT2D eigenvalue weighted by Crippen LogP contribution is -2.58. The molecule has 0 bridgehead atoms. The molecule has 1 aromatic rings. The molecule has 6 amide bonds. The van der Waals surface area contributed by atoms with E-state index >= 15 is 0 Å². The van der Waals surface area contributed by atoms with Crippen LogP contribution in [0.15, 0.2) is 24.3 Å². The van der Waals surface area contributed by atoms with Gasteiger partial charge in [0.05, 0.1) is 12.5 Å². The third kappa shape index (κ3) is 12.4. The van der Waals surface area contributed by atoms with E-state index < -0.39 is 72.0 Å². The second-order valence-corrected chi connectivity index (χ2v) is 8.68. The van der Waals surface area contributed by atoms with Crippen molar-refractivity contribution in [2.45, 2.75) is 62.7 Å². The molecule has 214 valence electrons. The first-order chi connectivity index (χ1) is 18.2. The zero-order valence-corrected chi connectivity index (χ0v) is 20.9. The standard InChI is InChI=1S/C23H33N7O9/c24-13(10-19(27)34)20(35)28-14(5-7-17(25)32)21(36)30-16(9-11-1-3-12(31)4-2-11)22(37)29-15(23(38)39)6-8-18(26)33/h1-4,13-16,31H,5-10,24H2,(H2,25,32)(H2,26,33)(H2,27,34)(H,28,35)(H,29,37)(H,30,36)(H,38,39). The molecule has 0 radical (unpaired) electrons. The summed E-state index contributed by atoms with van der Waals surface area (Å²) in [6.07, 6.45) is -1.99. The predicted molar refractivity (Wildman–Crippen MR) is 134 cm³/mol. The Morgan fingerprint density at radius 1 is 0.692 bits per heavy atom. The lowest BCUT2D eigenvalue weighted by molar-refractivity contribution is -0.142. The minimum Gasteiger partial charge on any atom is -0.508 e. The maximum Gasteiger partial charge on any atom is 0.326 e. The number of aliphatic carboxylic acids is 1. The second kappa shape index (κ2) is 15.5. The molecular formula is C23H33N7O9. The summed E-state index contributed by atoms with van der Waals surface area (Å²) in [5, 5.41) is 25.9. The Bertz CT molecular complexity index is 1080. The second-order valence-electron chi connectivity index (χ2n) is 8.68. The number of carboxylic acids is 1. The molecule has 0 saturated heterocycles. The molecule has 13 N–H and O–H groups in total. The van der Waals surface area contributed by atoms with Crippen LogP contribution in [0, 0.1) is 0 Å². The Morgan fingerprint density at radius 2 is 1.15 bits per heavy atom. The molecule has 0 fully saturated rings. The van der Waals surface area contributed by atoms with Gasteiger partial charge in [-0.2, -0.15) is 0 Å². The molecule has 1 aromatic carbocycles. The van der Waals surface area contributed by atoms with Crippen LogP contribution >= 0.6 is 0 Å². The van der Waals surface area contributed by atoms with Gasteiger partial charge in [-0.25, -0.2) is 4.79 Å². The summed E-state index contributed by atoms with van der Waals surface area (Å²) in [6.45, 7) is 0. The number of benzene rings is 1. The van der Waals surface area contributed by atoms with Gasteiger partial charge in [0, 0.05) is 19.3 Å². The van der Waals surface area contributed by atoms with Gasteiger partial charge in [-0.3, -0.25) is 28.8 Å². The van der Waals surface area contributed by atoms with Gasteiger partial charge >= 0.3 is 5.97 Å². The summed E-state index contributed by atoms with van der Waals surface area (Å²) in [6, 6.07) is -0.180. The van der Waals surface area contributed by atoms with Gasteiger partial charge in [-0.15, -0.1) is 0 Å². The zero-order valence-electron chi connectivity index (χ0n) is 20.9. The minimum absolute atomic E-state index is 0.0669. The van der Waals surface area contributed by atoms with E-state index in [9.17, 15) is 43.8 Å². The number of hydrogen-bond acceptors (Lipinski definition) is 9. The minimum atomic E-state index is -1.51. The van der Waals surface area contributed by atoms with E-state index in [1.807, 2.05) is 0 Å². The number of primary amides is 3. The Hall–Kier alpha value is -4.73. The molecular weight excluding hydrogens is 518 g/mol. The zero-order chi connectivity index (χ0) is 29.7. The molecule has 0 aliphatic heterocycles. The smallest absolute Gasteiger partial charge is 0.326 e. The Labute approximate surface area is 222 Å². The fourth-order valence-electron chi connectivity index (χ4n) is 3.31. The van der Waals surface area contributed by atoms with Crippen LogP contribution in [-0.2, 0) is 40.0 Å². The van der Waals surface area contributed by atoms with Crippen molar-refractivity contribution in [3.05, 3.63) is 29.8 Å². The molecule has 0 saturated carbocycles. The molecule has 16 nitrogen and oxygen atoms in total. The molecule has 4 unspecified atom stereocenters. The summed E-state index contributed by atoms with van der Waals surface area (Å²) in [5.74, 6) is -6.79. The van der Waals surface area contributed by atoms with Crippen molar-refractivity contribution in [3.63, 3.8) is 0 Å². The number of carbonyl (C=O) groups excluding carboxylic acids is 6. The molecule has 0 aliphatic carbocycles. The van der Waals surface area contributed by atoms with E-state index in [0.29, 0.717) is 5.56 Å². The van der Waals surface area contributed by atoms with Crippen LogP contribution in [-0.4, -0.2) is 75.8 Å². The van der Waals surface area contributed by atoms with Gasteiger partial charge in [-0.1, -0.05) is 12.1 Å². The van der Waals surface area contributed by atoms with Crippen LogP contribution in [0.1, 0.15) is 37.7 Å². The number of phenolic OH excluding ortho intramolecular Hbond substituents is 1. The summed E-state index contributed by atoms with van der Waals surface area (Å²) in [7, 11) is 0. The van der Waals surface area contributed by atoms with Crippen molar-refractivity contribution in [1.29, 1.82) is 0 Å². The van der Waals surface area contributed by atoms with Gasteiger partial charge in [0.15, 0.2) is 0 Å². The summed E-state index contributed by atoms with van der Waals surface area (Å²) < 4.78 is 0. The van der Waals surface area contributed by atoms with Crippen LogP contribution in [0.4, 0.5) is 0 Å². The molecule has 1 rings (SSSR count). The third-order valence-electron chi connectivity index (χ3n) is 5.37. The van der Waals surface area contributed by atoms with Gasteiger partial charge in [0.2, 0.25) is 35.4 Å². The number of carboxylic acid groups (broad SMARTS) is 1. The largest absolute Gasteiger partial charge is 0.508 e. The highest BCUT2D eigenvalue weighted by molar-refractivity contribution is 5.95. The van der Waals surface area contributed by atoms with Gasteiger partial charge in [0.25, 0.3) is 0 Å². The summed E-state index contributed by atoms with van der Waals surface area (Å²) in [5.41, 5.74) is 21.3. The van der Waals surface area contributed by atoms with Crippen molar-refractivity contribution < 1.29 is 43.8 Å². The third-order valence-corrected chi connectivity index (χ3v) is 5.37. The first kappa shape index (κ1) is 32.3. The van der Waals surface area contributed by atoms with E-state index in [2.05, 4.69) is 16.0 Å². The average molecular weight is 552 g/mol. The monoisotopic (exact) mass is 551 g/mol. The van der Waals surface area contributed by atoms with Crippen molar-refractivity contribution in [3.8, 4) is 5.75 Å². The molecule has 16 heteroatoms. The van der Waals surface area contributed by atoms with Crippen molar-refractivity contribution in [2.24, 2.45) is 22.9 Å². The lowest BCUT2D eigenvalue weighted by Gasteiger charge is -2.25. The van der Waals surface area contributed by atoms with Crippen molar-refractivity contribution in [2.75, 3.05) is 0 Å². The number of nitrogens with one attached hydrogen (secondary N) is 3. The number of carbonyl (C=O) groups is 7. The number of nitrogens with two attached hydrogens (primary N) is 4. The quantitative estimate of drug-likeness (QED) is 0.0909. The summed E-state index contributed by atoms with van der Waals surface area (Å²) in [4.78, 5) is 83.6. The van der Waals surface area contributed by atoms with E-state index in [0.717, 1.165) is 0 Å². The molecule has 0 heterocycles. The first-order valence-electron chi connectivity index (χ1n) is 11.7. The number of rotatable bonds is 17. The number of hydrogen-bond donors (Lipinski definition) is 9. The first-order valence-corrected chi connectivity index (χ1v) is 11.7. The van der Waals surface area contributed by atoms with Crippen LogP contribution in [0.3, 0.4) is 0 Å². The summed E-state index contributed by atoms with van der Waals surface area (Å²) >= 11 is 0. The van der Waals surface area contributed by atoms with E-state index in [1.54, 1.807) is 0 Å². The number of phenols is 1. The van der Waals surface area contributed by atoms with E-state index in [4.69, 9.17) is 22.9 Å². The molecule has 0 aliphatic rings. The lowest BCUT2D eigenvalue weighted by atomic mass is 10.0. The molecule has 39 heavy (non-hydrogen) atoms. The topological polar surface area (TPSA) is 300 Å². The van der Waals surface area contributed by atoms with Gasteiger partial charge in [-0.05, 0) is 30.5 Å². The van der Waals surface area contributed by atoms with Crippen LogP contribution in [0.25, 0.3) is 0 Å². The highest BCUT2D eigenvalue weighted by Crippen LogP contribution is 2.12. The van der Waals surface area contributed by atoms with Gasteiger partial charge in [0.1, 0.15) is 23.9 Å². The molecule has 0 spiro atoms. The van der Waals surface area contributed by atoms with Crippen LogP contribution in [0.2, 0.25) is 0 Å². The fraction of sp³-hybridized carbons (Fsp3) is 0.435. The van der Waals surface area contributed by atoms with E-state index in [1.165, 1.54) is 24.3 Å². The van der Waals surface area contributed by atoms with Crippen LogP contribution < -0.4 is 38.9 Å².